The highest BCUT2D eigenvalue weighted by atomic mass is 16.5. The molecule has 0 radical (unpaired) electrons. The Labute approximate surface area is 148 Å². The van der Waals surface area contributed by atoms with E-state index in [0.717, 1.165) is 24.7 Å². The summed E-state index contributed by atoms with van der Waals surface area (Å²) in [5.41, 5.74) is 1.01. The van der Waals surface area contributed by atoms with Crippen molar-refractivity contribution < 1.29 is 9.53 Å². The topological polar surface area (TPSA) is 67.3 Å². The highest BCUT2D eigenvalue weighted by molar-refractivity contribution is 6.02. The molecule has 0 spiro atoms. The van der Waals surface area contributed by atoms with Crippen molar-refractivity contribution in [3.63, 3.8) is 0 Å². The van der Waals surface area contributed by atoms with E-state index in [4.69, 9.17) is 4.74 Å². The van der Waals surface area contributed by atoms with Gasteiger partial charge in [-0.3, -0.25) is 4.79 Å². The van der Waals surface area contributed by atoms with E-state index in [1.807, 2.05) is 31.2 Å². The molecule has 1 aromatic carbocycles. The number of aromatic nitrogens is 2. The molecule has 6 nitrogen and oxygen atoms in total. The van der Waals surface area contributed by atoms with Gasteiger partial charge < -0.3 is 15.0 Å². The van der Waals surface area contributed by atoms with E-state index in [-0.39, 0.29) is 5.91 Å². The first-order chi connectivity index (χ1) is 12.3. The Morgan fingerprint density at radius 3 is 2.40 bits per heavy atom. The number of carbonyl (C=O) groups excluding carboxylic acids is 1. The molecule has 0 unspecified atom stereocenters. The zero-order chi connectivity index (χ0) is 17.5. The molecule has 1 aliphatic rings. The monoisotopic (exact) mass is 340 g/mol. The summed E-state index contributed by atoms with van der Waals surface area (Å²) in [5.74, 6) is 1.36. The maximum Gasteiger partial charge on any atom is 0.275 e. The van der Waals surface area contributed by atoms with Crippen molar-refractivity contribution in [2.45, 2.75) is 32.6 Å². The molecule has 1 aromatic heterocycles. The van der Waals surface area contributed by atoms with Crippen LogP contribution in [0.15, 0.2) is 36.7 Å². The average Bonchev–Trinajstić information content (AvgIpc) is 2.93. The maximum atomic E-state index is 12.3. The molecule has 1 saturated heterocycles. The summed E-state index contributed by atoms with van der Waals surface area (Å²) in [4.78, 5) is 23.3. The molecule has 0 bridgehead atoms. The van der Waals surface area contributed by atoms with E-state index in [1.165, 1.54) is 25.7 Å². The number of anilines is 2. The van der Waals surface area contributed by atoms with Crippen LogP contribution >= 0.6 is 0 Å². The second-order valence-corrected chi connectivity index (χ2v) is 6.07. The summed E-state index contributed by atoms with van der Waals surface area (Å²) in [5, 5.41) is 2.83. The number of benzene rings is 1. The molecule has 0 saturated carbocycles. The van der Waals surface area contributed by atoms with Gasteiger partial charge in [0.15, 0.2) is 0 Å². The highest BCUT2D eigenvalue weighted by Crippen LogP contribution is 2.18. The van der Waals surface area contributed by atoms with Crippen molar-refractivity contribution in [2.75, 3.05) is 29.9 Å². The molecule has 0 aliphatic carbocycles. The smallest absolute Gasteiger partial charge is 0.275 e. The number of carbonyl (C=O) groups is 1. The molecule has 1 fully saturated rings. The fourth-order valence-corrected chi connectivity index (χ4v) is 2.90. The third-order valence-corrected chi connectivity index (χ3v) is 4.22. The second-order valence-electron chi connectivity index (χ2n) is 6.07. The van der Waals surface area contributed by atoms with Crippen molar-refractivity contribution in [1.82, 2.24) is 9.97 Å². The molecule has 0 atom stereocenters. The average molecular weight is 340 g/mol. The minimum absolute atomic E-state index is 0.265. The molecule has 25 heavy (non-hydrogen) atoms. The molecule has 1 N–H and O–H groups in total. The van der Waals surface area contributed by atoms with E-state index >= 15 is 0 Å². The molecule has 1 amide bonds. The van der Waals surface area contributed by atoms with E-state index in [2.05, 4.69) is 20.2 Å². The van der Waals surface area contributed by atoms with E-state index in [1.54, 1.807) is 12.4 Å². The lowest BCUT2D eigenvalue weighted by Gasteiger charge is -2.20. The zero-order valence-electron chi connectivity index (χ0n) is 14.6. The first-order valence-electron chi connectivity index (χ1n) is 8.87. The largest absolute Gasteiger partial charge is 0.494 e. The molecule has 1 aliphatic heterocycles. The number of nitrogens with zero attached hydrogens (tertiary/aromatic N) is 3. The minimum atomic E-state index is -0.265. The molecule has 3 rings (SSSR count). The van der Waals surface area contributed by atoms with Crippen LogP contribution in [0.5, 0.6) is 5.75 Å². The number of rotatable bonds is 5. The predicted molar refractivity (Wildman–Crippen MR) is 98.3 cm³/mol. The van der Waals surface area contributed by atoms with Gasteiger partial charge in [-0.2, -0.15) is 0 Å². The SMILES string of the molecule is CCOc1ccc(NC(=O)c2cnc(N3CCCCCC3)cn2)cc1. The third-order valence-electron chi connectivity index (χ3n) is 4.22. The number of hydrogen-bond donors (Lipinski definition) is 1. The van der Waals surface area contributed by atoms with Gasteiger partial charge in [0.1, 0.15) is 17.3 Å². The molecule has 2 heterocycles. The van der Waals surface area contributed by atoms with Crippen molar-refractivity contribution in [3.05, 3.63) is 42.4 Å². The van der Waals surface area contributed by atoms with E-state index < -0.39 is 0 Å². The van der Waals surface area contributed by atoms with Crippen LogP contribution in [0.1, 0.15) is 43.1 Å². The molecular weight excluding hydrogens is 316 g/mol. The van der Waals surface area contributed by atoms with Crippen LogP contribution in [0.3, 0.4) is 0 Å². The van der Waals surface area contributed by atoms with Crippen LogP contribution < -0.4 is 15.0 Å². The van der Waals surface area contributed by atoms with Gasteiger partial charge in [0.05, 0.1) is 19.0 Å². The van der Waals surface area contributed by atoms with Crippen molar-refractivity contribution >= 4 is 17.4 Å². The quantitative estimate of drug-likeness (QED) is 0.902. The van der Waals surface area contributed by atoms with Gasteiger partial charge in [-0.1, -0.05) is 12.8 Å². The second kappa shape index (κ2) is 8.46. The Kier molecular flexibility index (Phi) is 5.82. The van der Waals surface area contributed by atoms with Gasteiger partial charge in [-0.15, -0.1) is 0 Å². The van der Waals surface area contributed by atoms with Crippen molar-refractivity contribution in [1.29, 1.82) is 0 Å². The first kappa shape index (κ1) is 17.2. The van der Waals surface area contributed by atoms with E-state index in [9.17, 15) is 4.79 Å². The molecular formula is C19H24N4O2. The number of hydrogen-bond acceptors (Lipinski definition) is 5. The normalized spacial score (nSPS) is 14.7. The number of nitrogens with one attached hydrogen (secondary N) is 1. The van der Waals surface area contributed by atoms with Gasteiger partial charge in [0.2, 0.25) is 0 Å². The Bertz CT molecular complexity index is 678. The number of ether oxygens (including phenoxy) is 1. The summed E-state index contributed by atoms with van der Waals surface area (Å²) >= 11 is 0. The summed E-state index contributed by atoms with van der Waals surface area (Å²) in [6, 6.07) is 7.27. The summed E-state index contributed by atoms with van der Waals surface area (Å²) < 4.78 is 5.39. The molecule has 132 valence electrons. The lowest BCUT2D eigenvalue weighted by molar-refractivity contribution is 0.102. The van der Waals surface area contributed by atoms with Gasteiger partial charge in [-0.25, -0.2) is 9.97 Å². The minimum Gasteiger partial charge on any atom is -0.494 e. The van der Waals surface area contributed by atoms with Crippen LogP contribution in [-0.2, 0) is 0 Å². The van der Waals surface area contributed by atoms with Crippen LogP contribution in [-0.4, -0.2) is 35.6 Å². The highest BCUT2D eigenvalue weighted by Gasteiger charge is 2.13. The third kappa shape index (κ3) is 4.68. The fourth-order valence-electron chi connectivity index (χ4n) is 2.90. The zero-order valence-corrected chi connectivity index (χ0v) is 14.6. The van der Waals surface area contributed by atoms with Gasteiger partial charge >= 0.3 is 0 Å². The lowest BCUT2D eigenvalue weighted by atomic mass is 10.2. The Morgan fingerprint density at radius 2 is 1.80 bits per heavy atom. The fraction of sp³-hybridized carbons (Fsp3) is 0.421. The van der Waals surface area contributed by atoms with E-state index in [0.29, 0.717) is 18.0 Å². The molecule has 2 aromatic rings. The van der Waals surface area contributed by atoms with Crippen LogP contribution in [0, 0.1) is 0 Å². The Hall–Kier alpha value is -2.63. The number of amides is 1. The van der Waals surface area contributed by atoms with Gasteiger partial charge in [0.25, 0.3) is 5.91 Å². The van der Waals surface area contributed by atoms with Crippen LogP contribution in [0.4, 0.5) is 11.5 Å². The van der Waals surface area contributed by atoms with Crippen LogP contribution in [0.25, 0.3) is 0 Å². The standard InChI is InChI=1S/C19H24N4O2/c1-2-25-16-9-7-15(8-10-16)22-19(24)17-13-21-18(14-20-17)23-11-5-3-4-6-12-23/h7-10,13-14H,2-6,11-12H2,1H3,(H,22,24). The first-order valence-corrected chi connectivity index (χ1v) is 8.87. The summed E-state index contributed by atoms with van der Waals surface area (Å²) in [6.45, 7) is 4.56. The maximum absolute atomic E-state index is 12.3. The van der Waals surface area contributed by atoms with Crippen LogP contribution in [0.2, 0.25) is 0 Å². The van der Waals surface area contributed by atoms with Crippen molar-refractivity contribution in [3.8, 4) is 5.75 Å². The van der Waals surface area contributed by atoms with Gasteiger partial charge in [0, 0.05) is 18.8 Å². The Balaban J connectivity index is 1.62. The Morgan fingerprint density at radius 1 is 1.08 bits per heavy atom. The van der Waals surface area contributed by atoms with Crippen molar-refractivity contribution in [2.24, 2.45) is 0 Å². The molecule has 6 heteroatoms. The summed E-state index contributed by atoms with van der Waals surface area (Å²) in [7, 11) is 0. The summed E-state index contributed by atoms with van der Waals surface area (Å²) in [6.07, 6.45) is 8.14. The van der Waals surface area contributed by atoms with Gasteiger partial charge in [-0.05, 0) is 44.0 Å². The lowest BCUT2D eigenvalue weighted by Crippen LogP contribution is -2.25. The predicted octanol–water partition coefficient (Wildman–Crippen LogP) is 3.51.